The third kappa shape index (κ3) is 3.01. The topological polar surface area (TPSA) is 105 Å². The molecule has 0 spiro atoms. The molecule has 0 saturated heterocycles. The number of hydrogen-bond donors (Lipinski definition) is 3. The van der Waals surface area contributed by atoms with Crippen LogP contribution in [0.5, 0.6) is 0 Å². The molecule has 1 aliphatic carbocycles. The second-order valence-electron chi connectivity index (χ2n) is 5.29. The number of nitrogens with zero attached hydrogens (tertiary/aromatic N) is 1. The fourth-order valence-corrected chi connectivity index (χ4v) is 4.35. The number of benzene rings is 1. The van der Waals surface area contributed by atoms with Crippen LogP contribution < -0.4 is 10.5 Å². The van der Waals surface area contributed by atoms with Crippen LogP contribution in [0.3, 0.4) is 0 Å². The fraction of sp³-hybridized carbons (Fsp3) is 0.462. The number of nitrogens with one attached hydrogen (secondary N) is 1. The van der Waals surface area contributed by atoms with Crippen LogP contribution in [0.2, 0.25) is 0 Å². The van der Waals surface area contributed by atoms with Crippen molar-refractivity contribution in [2.45, 2.75) is 43.0 Å². The van der Waals surface area contributed by atoms with E-state index in [1.807, 2.05) is 0 Å². The van der Waals surface area contributed by atoms with Crippen LogP contribution >= 0.6 is 0 Å². The lowest BCUT2D eigenvalue weighted by Crippen LogP contribution is -2.55. The van der Waals surface area contributed by atoms with Crippen molar-refractivity contribution in [2.75, 3.05) is 0 Å². The summed E-state index contributed by atoms with van der Waals surface area (Å²) < 4.78 is 40.9. The molecule has 0 heterocycles. The van der Waals surface area contributed by atoms with Crippen LogP contribution in [0.15, 0.2) is 28.3 Å². The molecule has 116 valence electrons. The van der Waals surface area contributed by atoms with Gasteiger partial charge in [0.25, 0.3) is 0 Å². The Balaban J connectivity index is 2.42. The van der Waals surface area contributed by atoms with Gasteiger partial charge < -0.3 is 10.9 Å². The molecule has 21 heavy (non-hydrogen) atoms. The smallest absolute Gasteiger partial charge is 0.241 e. The first-order valence-electron chi connectivity index (χ1n) is 6.59. The van der Waals surface area contributed by atoms with Crippen LogP contribution in [0, 0.1) is 12.7 Å². The number of aryl methyl sites for hydroxylation is 1. The third-order valence-electron chi connectivity index (χ3n) is 3.82. The van der Waals surface area contributed by atoms with Crippen LogP contribution in [0.25, 0.3) is 0 Å². The minimum absolute atomic E-state index is 0.139. The van der Waals surface area contributed by atoms with E-state index in [9.17, 15) is 12.8 Å². The Hall–Kier alpha value is -1.67. The monoisotopic (exact) mass is 315 g/mol. The summed E-state index contributed by atoms with van der Waals surface area (Å²) >= 11 is 0. The molecule has 0 aromatic heterocycles. The van der Waals surface area contributed by atoms with Gasteiger partial charge in [0.05, 0.1) is 10.4 Å². The van der Waals surface area contributed by atoms with Gasteiger partial charge in [0, 0.05) is 0 Å². The predicted molar refractivity (Wildman–Crippen MR) is 76.1 cm³/mol. The average Bonchev–Trinajstić information content (AvgIpc) is 2.89. The molecule has 1 fully saturated rings. The third-order valence-corrected chi connectivity index (χ3v) is 5.50. The van der Waals surface area contributed by atoms with Gasteiger partial charge in [-0.05, 0) is 37.5 Å². The van der Waals surface area contributed by atoms with E-state index in [-0.39, 0.29) is 10.7 Å². The number of rotatable bonds is 4. The summed E-state index contributed by atoms with van der Waals surface area (Å²) in [5.74, 6) is -0.803. The molecule has 0 unspecified atom stereocenters. The molecule has 1 aromatic rings. The first kappa shape index (κ1) is 15.7. The minimum atomic E-state index is -3.97. The highest BCUT2D eigenvalue weighted by Crippen LogP contribution is 2.32. The molecule has 0 aliphatic heterocycles. The van der Waals surface area contributed by atoms with Gasteiger partial charge in [-0.1, -0.05) is 24.1 Å². The molecular weight excluding hydrogens is 297 g/mol. The zero-order chi connectivity index (χ0) is 15.7. The molecular formula is C13H18FN3O3S. The van der Waals surface area contributed by atoms with Crippen molar-refractivity contribution in [2.24, 2.45) is 10.9 Å². The molecule has 2 rings (SSSR count). The molecule has 4 N–H and O–H groups in total. The molecule has 0 radical (unpaired) electrons. The van der Waals surface area contributed by atoms with E-state index in [0.717, 1.165) is 18.9 Å². The minimum Gasteiger partial charge on any atom is -0.409 e. The number of amidine groups is 1. The lowest BCUT2D eigenvalue weighted by molar-refractivity contribution is 0.309. The Labute approximate surface area is 122 Å². The van der Waals surface area contributed by atoms with Gasteiger partial charge in [0.2, 0.25) is 10.0 Å². The molecule has 8 heteroatoms. The molecule has 0 bridgehead atoms. The van der Waals surface area contributed by atoms with Crippen LogP contribution in [-0.4, -0.2) is 25.0 Å². The number of nitrogens with two attached hydrogens (primary N) is 1. The van der Waals surface area contributed by atoms with E-state index in [0.29, 0.717) is 18.4 Å². The summed E-state index contributed by atoms with van der Waals surface area (Å²) in [6.07, 6.45) is 2.41. The zero-order valence-electron chi connectivity index (χ0n) is 11.6. The van der Waals surface area contributed by atoms with Crippen molar-refractivity contribution in [1.29, 1.82) is 0 Å². The number of hydrogen-bond acceptors (Lipinski definition) is 4. The fourth-order valence-electron chi connectivity index (χ4n) is 2.66. The maximum Gasteiger partial charge on any atom is 0.241 e. The molecule has 1 aromatic carbocycles. The number of sulfonamides is 1. The molecule has 1 aliphatic rings. The molecule has 0 atom stereocenters. The van der Waals surface area contributed by atoms with Gasteiger partial charge >= 0.3 is 0 Å². The first-order valence-corrected chi connectivity index (χ1v) is 8.07. The van der Waals surface area contributed by atoms with E-state index < -0.39 is 21.4 Å². The highest BCUT2D eigenvalue weighted by Gasteiger charge is 2.42. The quantitative estimate of drug-likeness (QED) is 0.339. The van der Waals surface area contributed by atoms with E-state index in [2.05, 4.69) is 9.88 Å². The van der Waals surface area contributed by atoms with Crippen molar-refractivity contribution in [3.63, 3.8) is 0 Å². The van der Waals surface area contributed by atoms with E-state index >= 15 is 0 Å². The van der Waals surface area contributed by atoms with E-state index in [1.54, 1.807) is 6.92 Å². The summed E-state index contributed by atoms with van der Waals surface area (Å²) in [4.78, 5) is -0.139. The van der Waals surface area contributed by atoms with Crippen LogP contribution in [0.4, 0.5) is 4.39 Å². The Kier molecular flexibility index (Phi) is 4.20. The molecule has 1 saturated carbocycles. The Morgan fingerprint density at radius 3 is 2.62 bits per heavy atom. The normalized spacial score (nSPS) is 18.9. The second kappa shape index (κ2) is 5.61. The maximum absolute atomic E-state index is 13.3. The van der Waals surface area contributed by atoms with Gasteiger partial charge in [0.1, 0.15) is 5.82 Å². The predicted octanol–water partition coefficient (Wildman–Crippen LogP) is 1.47. The SMILES string of the molecule is Cc1ccc(F)cc1S(=O)(=O)NC1(/C(N)=N/O)CCCC1. The van der Waals surface area contributed by atoms with Crippen molar-refractivity contribution < 1.29 is 18.0 Å². The lowest BCUT2D eigenvalue weighted by atomic mass is 9.98. The van der Waals surface area contributed by atoms with Gasteiger partial charge in [-0.15, -0.1) is 0 Å². The van der Waals surface area contributed by atoms with Gasteiger partial charge in [-0.2, -0.15) is 4.72 Å². The lowest BCUT2D eigenvalue weighted by Gasteiger charge is -2.28. The highest BCUT2D eigenvalue weighted by atomic mass is 32.2. The average molecular weight is 315 g/mol. The van der Waals surface area contributed by atoms with Crippen molar-refractivity contribution in [3.8, 4) is 0 Å². The largest absolute Gasteiger partial charge is 0.409 e. The second-order valence-corrected chi connectivity index (χ2v) is 6.94. The summed E-state index contributed by atoms with van der Waals surface area (Å²) in [5.41, 5.74) is 4.99. The van der Waals surface area contributed by atoms with Crippen molar-refractivity contribution >= 4 is 15.9 Å². The van der Waals surface area contributed by atoms with Crippen molar-refractivity contribution in [1.82, 2.24) is 4.72 Å². The Bertz CT molecular complexity index is 667. The first-order chi connectivity index (χ1) is 9.81. The highest BCUT2D eigenvalue weighted by molar-refractivity contribution is 7.89. The van der Waals surface area contributed by atoms with E-state index in [4.69, 9.17) is 10.9 Å². The zero-order valence-corrected chi connectivity index (χ0v) is 12.5. The molecule has 0 amide bonds. The standard InChI is InChI=1S/C13H18FN3O3S/c1-9-4-5-10(14)8-11(9)21(19,20)17-13(12(15)16-18)6-2-3-7-13/h4-5,8,17-18H,2-3,6-7H2,1H3,(H2,15,16). The van der Waals surface area contributed by atoms with Gasteiger partial charge in [0.15, 0.2) is 5.84 Å². The summed E-state index contributed by atoms with van der Waals surface area (Å²) in [5, 5.41) is 11.8. The summed E-state index contributed by atoms with van der Waals surface area (Å²) in [7, 11) is -3.97. The summed E-state index contributed by atoms with van der Waals surface area (Å²) in [6, 6.07) is 3.56. The summed E-state index contributed by atoms with van der Waals surface area (Å²) in [6.45, 7) is 1.58. The van der Waals surface area contributed by atoms with E-state index in [1.165, 1.54) is 12.1 Å². The Morgan fingerprint density at radius 1 is 1.43 bits per heavy atom. The van der Waals surface area contributed by atoms with Gasteiger partial charge in [-0.25, -0.2) is 12.8 Å². The Morgan fingerprint density at radius 2 is 2.05 bits per heavy atom. The van der Waals surface area contributed by atoms with Crippen molar-refractivity contribution in [3.05, 3.63) is 29.6 Å². The van der Waals surface area contributed by atoms with Crippen LogP contribution in [-0.2, 0) is 10.0 Å². The van der Waals surface area contributed by atoms with Crippen LogP contribution in [0.1, 0.15) is 31.2 Å². The van der Waals surface area contributed by atoms with Gasteiger partial charge in [-0.3, -0.25) is 0 Å². The maximum atomic E-state index is 13.3. The number of halogens is 1. The number of oxime groups is 1. The molecule has 6 nitrogen and oxygen atoms in total.